The number of primary amides is 1. The van der Waals surface area contributed by atoms with Gasteiger partial charge < -0.3 is 16.0 Å². The molecule has 1 amide bonds. The van der Waals surface area contributed by atoms with Gasteiger partial charge in [0, 0.05) is 12.7 Å². The zero-order valence-electron chi connectivity index (χ0n) is 11.6. The number of carbonyl (C=O) groups excluding carboxylic acids is 1. The molecule has 0 saturated carbocycles. The zero-order chi connectivity index (χ0) is 15.6. The summed E-state index contributed by atoms with van der Waals surface area (Å²) >= 11 is 6.02. The molecule has 0 bridgehead atoms. The first-order valence-corrected chi connectivity index (χ1v) is 6.86. The molecule has 110 valence electrons. The number of hydrogen-bond donors (Lipinski definition) is 3. The van der Waals surface area contributed by atoms with E-state index in [1.165, 1.54) is 6.07 Å². The SMILES string of the molecule is C[C@@H](c1cccc(CN)c1)n1cc(Cl)cc(C(N)=O)c1=N. The van der Waals surface area contributed by atoms with Gasteiger partial charge in [-0.15, -0.1) is 0 Å². The van der Waals surface area contributed by atoms with Crippen molar-refractivity contribution in [1.82, 2.24) is 4.57 Å². The van der Waals surface area contributed by atoms with E-state index in [9.17, 15) is 4.79 Å². The van der Waals surface area contributed by atoms with Crippen LogP contribution in [-0.2, 0) is 6.54 Å². The largest absolute Gasteiger partial charge is 0.365 e. The maximum atomic E-state index is 11.4. The van der Waals surface area contributed by atoms with Crippen molar-refractivity contribution in [3.05, 3.63) is 63.7 Å². The Balaban J connectivity index is 2.55. The summed E-state index contributed by atoms with van der Waals surface area (Å²) in [6.07, 6.45) is 1.62. The molecule has 1 aromatic heterocycles. The van der Waals surface area contributed by atoms with Crippen molar-refractivity contribution in [2.75, 3.05) is 0 Å². The van der Waals surface area contributed by atoms with Crippen LogP contribution in [0.2, 0.25) is 5.02 Å². The minimum atomic E-state index is -0.667. The first kappa shape index (κ1) is 15.3. The number of nitrogens with zero attached hydrogens (tertiary/aromatic N) is 1. The van der Waals surface area contributed by atoms with Crippen molar-refractivity contribution in [1.29, 1.82) is 5.41 Å². The van der Waals surface area contributed by atoms with E-state index in [0.29, 0.717) is 11.6 Å². The van der Waals surface area contributed by atoms with Crippen molar-refractivity contribution < 1.29 is 4.79 Å². The average Bonchev–Trinajstić information content (AvgIpc) is 2.48. The number of nitrogens with one attached hydrogen (secondary N) is 1. The quantitative estimate of drug-likeness (QED) is 0.802. The Hall–Kier alpha value is -2.11. The summed E-state index contributed by atoms with van der Waals surface area (Å²) in [7, 11) is 0. The van der Waals surface area contributed by atoms with Crippen molar-refractivity contribution >= 4 is 17.5 Å². The van der Waals surface area contributed by atoms with Crippen LogP contribution in [0.3, 0.4) is 0 Å². The second kappa shape index (κ2) is 6.11. The number of hydrogen-bond acceptors (Lipinski definition) is 3. The monoisotopic (exact) mass is 304 g/mol. The molecular formula is C15H17ClN4O. The van der Waals surface area contributed by atoms with E-state index in [4.69, 9.17) is 28.5 Å². The maximum absolute atomic E-state index is 11.4. The Morgan fingerprint density at radius 1 is 1.43 bits per heavy atom. The minimum absolute atomic E-state index is 0.0394. The van der Waals surface area contributed by atoms with Gasteiger partial charge in [-0.3, -0.25) is 10.2 Å². The highest BCUT2D eigenvalue weighted by Gasteiger charge is 2.14. The fourth-order valence-electron chi connectivity index (χ4n) is 2.21. The van der Waals surface area contributed by atoms with Crippen LogP contribution in [0.25, 0.3) is 0 Å². The third-order valence-electron chi connectivity index (χ3n) is 3.41. The summed E-state index contributed by atoms with van der Waals surface area (Å²) in [4.78, 5) is 11.4. The van der Waals surface area contributed by atoms with Crippen molar-refractivity contribution in [2.45, 2.75) is 19.5 Å². The van der Waals surface area contributed by atoms with E-state index in [-0.39, 0.29) is 17.1 Å². The van der Waals surface area contributed by atoms with E-state index in [0.717, 1.165) is 11.1 Å². The summed E-state index contributed by atoms with van der Waals surface area (Å²) < 4.78 is 1.62. The predicted octanol–water partition coefficient (Wildman–Crippen LogP) is 1.79. The topological polar surface area (TPSA) is 97.9 Å². The van der Waals surface area contributed by atoms with Crippen molar-refractivity contribution in [3.8, 4) is 0 Å². The van der Waals surface area contributed by atoms with Gasteiger partial charge in [0.15, 0.2) is 0 Å². The van der Waals surface area contributed by atoms with Crippen molar-refractivity contribution in [3.63, 3.8) is 0 Å². The number of carbonyl (C=O) groups is 1. The third kappa shape index (κ3) is 3.15. The van der Waals surface area contributed by atoms with Gasteiger partial charge in [0.2, 0.25) is 0 Å². The van der Waals surface area contributed by atoms with Gasteiger partial charge in [-0.05, 0) is 24.1 Å². The van der Waals surface area contributed by atoms with Crippen molar-refractivity contribution in [2.24, 2.45) is 11.5 Å². The molecule has 1 atom stereocenters. The minimum Gasteiger partial charge on any atom is -0.365 e. The molecule has 0 unspecified atom stereocenters. The smallest absolute Gasteiger partial charge is 0.252 e. The molecule has 0 spiro atoms. The number of pyridine rings is 1. The second-order valence-corrected chi connectivity index (χ2v) is 5.25. The predicted molar refractivity (Wildman–Crippen MR) is 82.0 cm³/mol. The molecule has 21 heavy (non-hydrogen) atoms. The highest BCUT2D eigenvalue weighted by Crippen LogP contribution is 2.19. The summed E-state index contributed by atoms with van der Waals surface area (Å²) in [5.74, 6) is -0.667. The standard InChI is InChI=1S/C15H17ClN4O/c1-9(11-4-2-3-10(5-11)7-17)20-8-12(16)6-13(14(20)18)15(19)21/h2-6,8-9,18H,7,17H2,1H3,(H2,19,21)/t9-/m0/s1. The molecule has 2 rings (SSSR count). The first-order chi connectivity index (χ1) is 9.93. The van der Waals surface area contributed by atoms with Gasteiger partial charge in [-0.1, -0.05) is 35.9 Å². The molecule has 5 N–H and O–H groups in total. The van der Waals surface area contributed by atoms with Gasteiger partial charge >= 0.3 is 0 Å². The molecule has 2 aromatic rings. The molecule has 0 saturated heterocycles. The number of halogens is 1. The Kier molecular flexibility index (Phi) is 4.45. The molecule has 6 heteroatoms. The highest BCUT2D eigenvalue weighted by atomic mass is 35.5. The van der Waals surface area contributed by atoms with Gasteiger partial charge in [0.25, 0.3) is 5.91 Å². The molecule has 1 heterocycles. The van der Waals surface area contributed by atoms with Crippen LogP contribution in [0.1, 0.15) is 34.5 Å². The number of benzene rings is 1. The van der Waals surface area contributed by atoms with Crippen LogP contribution < -0.4 is 17.0 Å². The fraction of sp³-hybridized carbons (Fsp3) is 0.200. The normalized spacial score (nSPS) is 12.1. The van der Waals surface area contributed by atoms with Crippen LogP contribution in [-0.4, -0.2) is 10.5 Å². The van der Waals surface area contributed by atoms with Gasteiger partial charge in [-0.2, -0.15) is 0 Å². The second-order valence-electron chi connectivity index (χ2n) is 4.82. The number of amides is 1. The van der Waals surface area contributed by atoms with Crippen LogP contribution in [0, 0.1) is 5.41 Å². The molecule has 5 nitrogen and oxygen atoms in total. The van der Waals surface area contributed by atoms with Gasteiger partial charge in [-0.25, -0.2) is 0 Å². The molecule has 0 aliphatic heterocycles. The van der Waals surface area contributed by atoms with Gasteiger partial charge in [0.05, 0.1) is 16.6 Å². The molecule has 0 fully saturated rings. The van der Waals surface area contributed by atoms with E-state index in [2.05, 4.69) is 0 Å². The lowest BCUT2D eigenvalue weighted by atomic mass is 10.0. The molecule has 0 radical (unpaired) electrons. The number of aromatic nitrogens is 1. The molecule has 1 aromatic carbocycles. The Morgan fingerprint density at radius 3 is 2.76 bits per heavy atom. The first-order valence-electron chi connectivity index (χ1n) is 6.49. The lowest BCUT2D eigenvalue weighted by Crippen LogP contribution is -2.31. The summed E-state index contributed by atoms with van der Waals surface area (Å²) in [5, 5.41) is 8.49. The number of nitrogens with two attached hydrogens (primary N) is 2. The third-order valence-corrected chi connectivity index (χ3v) is 3.62. The lowest BCUT2D eigenvalue weighted by molar-refractivity contribution is 0.0997. The van der Waals surface area contributed by atoms with E-state index < -0.39 is 5.91 Å². The van der Waals surface area contributed by atoms with E-state index in [1.807, 2.05) is 31.2 Å². The Bertz CT molecular complexity index is 739. The van der Waals surface area contributed by atoms with Crippen LogP contribution in [0.15, 0.2) is 36.5 Å². The van der Waals surface area contributed by atoms with Crippen LogP contribution >= 0.6 is 11.6 Å². The number of rotatable bonds is 4. The average molecular weight is 305 g/mol. The Labute approximate surface area is 127 Å². The van der Waals surface area contributed by atoms with Crippen LogP contribution in [0.4, 0.5) is 0 Å². The lowest BCUT2D eigenvalue weighted by Gasteiger charge is -2.19. The van der Waals surface area contributed by atoms with E-state index in [1.54, 1.807) is 10.8 Å². The Morgan fingerprint density at radius 2 is 2.14 bits per heavy atom. The summed E-state index contributed by atoms with van der Waals surface area (Å²) in [6, 6.07) is 9.02. The zero-order valence-corrected chi connectivity index (χ0v) is 12.4. The van der Waals surface area contributed by atoms with E-state index >= 15 is 0 Å². The molecule has 0 aliphatic carbocycles. The summed E-state index contributed by atoms with van der Waals surface area (Å²) in [5.41, 5.74) is 13.1. The van der Waals surface area contributed by atoms with Crippen LogP contribution in [0.5, 0.6) is 0 Å². The fourth-order valence-corrected chi connectivity index (χ4v) is 2.43. The highest BCUT2D eigenvalue weighted by molar-refractivity contribution is 6.30. The summed E-state index contributed by atoms with van der Waals surface area (Å²) in [6.45, 7) is 2.37. The molecule has 0 aliphatic rings. The molecular weight excluding hydrogens is 288 g/mol. The maximum Gasteiger partial charge on any atom is 0.252 e. The van der Waals surface area contributed by atoms with Gasteiger partial charge in [0.1, 0.15) is 5.49 Å².